The molecule has 4 nitrogen and oxygen atoms in total. The number of carbonyl (C=O) groups excluding carboxylic acids is 1. The quantitative estimate of drug-likeness (QED) is 0.123. The van der Waals surface area contributed by atoms with Crippen LogP contribution in [0.2, 0.25) is 0 Å². The molecule has 0 heterocycles. The summed E-state index contributed by atoms with van der Waals surface area (Å²) in [6, 6.07) is 0. The number of hydrogen-bond donors (Lipinski definition) is 1. The smallest absolute Gasteiger partial charge is 0.319 e. The molecule has 0 aliphatic rings. The Bertz CT molecular complexity index is 360. The van der Waals surface area contributed by atoms with Crippen molar-refractivity contribution in [3.63, 3.8) is 0 Å². The minimum absolute atomic E-state index is 0.129. The Labute approximate surface area is 175 Å². The average Bonchev–Trinajstić information content (AvgIpc) is 2.64. The number of unbranched alkanes of at least 4 members (excludes halogenated alkanes) is 14. The lowest BCUT2D eigenvalue weighted by Gasteiger charge is -2.08. The maximum atomic E-state index is 11.5. The summed E-state index contributed by atoms with van der Waals surface area (Å²) >= 11 is 3.40. The summed E-state index contributed by atoms with van der Waals surface area (Å²) in [7, 11) is 0. The molecule has 0 spiro atoms. The lowest BCUT2D eigenvalue weighted by molar-refractivity contribution is -0.142. The number of carboxylic acid groups (broad SMARTS) is 1. The highest BCUT2D eigenvalue weighted by molar-refractivity contribution is 9.10. The van der Waals surface area contributed by atoms with Gasteiger partial charge in [-0.2, -0.15) is 0 Å². The molecule has 0 amide bonds. The zero-order valence-electron chi connectivity index (χ0n) is 17.4. The first-order chi connectivity index (χ1) is 13.1. The van der Waals surface area contributed by atoms with Gasteiger partial charge in [-0.15, -0.1) is 0 Å². The minimum Gasteiger partial charge on any atom is -0.481 e. The third-order valence-corrected chi connectivity index (χ3v) is 5.72. The second kappa shape index (κ2) is 20.2. The molecule has 1 N–H and O–H groups in total. The molecule has 0 aliphatic heterocycles. The highest BCUT2D eigenvalue weighted by Gasteiger charge is 2.14. The highest BCUT2D eigenvalue weighted by Crippen LogP contribution is 2.16. The predicted octanol–water partition coefficient (Wildman–Crippen LogP) is 7.03. The Balaban J connectivity index is 3.15. The second-order valence-electron chi connectivity index (χ2n) is 7.46. The standard InChI is InChI=1S/C22H41BrO4/c1-2-27-22(26)20(23)18-16-14-12-10-8-6-4-3-5-7-9-11-13-15-17-19-21(24)25/h20H,2-19H2,1H3,(H,24,25). The molecule has 0 fully saturated rings. The average molecular weight is 449 g/mol. The number of ether oxygens (including phenoxy) is 1. The van der Waals surface area contributed by atoms with Crippen molar-refractivity contribution in [3.8, 4) is 0 Å². The van der Waals surface area contributed by atoms with E-state index in [1.54, 1.807) is 0 Å². The Morgan fingerprint density at radius 3 is 1.48 bits per heavy atom. The van der Waals surface area contributed by atoms with Crippen LogP contribution in [0.1, 0.15) is 116 Å². The van der Waals surface area contributed by atoms with Crippen LogP contribution in [-0.4, -0.2) is 28.5 Å². The highest BCUT2D eigenvalue weighted by atomic mass is 79.9. The van der Waals surface area contributed by atoms with Gasteiger partial charge in [0.25, 0.3) is 0 Å². The molecule has 0 saturated heterocycles. The fourth-order valence-electron chi connectivity index (χ4n) is 3.25. The fourth-order valence-corrected chi connectivity index (χ4v) is 3.70. The third-order valence-electron chi connectivity index (χ3n) is 4.89. The lowest BCUT2D eigenvalue weighted by Crippen LogP contribution is -2.17. The number of rotatable bonds is 20. The molecule has 0 bridgehead atoms. The van der Waals surface area contributed by atoms with Gasteiger partial charge in [-0.1, -0.05) is 106 Å². The molecule has 0 aromatic heterocycles. The van der Waals surface area contributed by atoms with E-state index >= 15 is 0 Å². The Hall–Kier alpha value is -0.580. The number of hydrogen-bond acceptors (Lipinski definition) is 3. The van der Waals surface area contributed by atoms with Gasteiger partial charge < -0.3 is 9.84 Å². The Morgan fingerprint density at radius 2 is 1.11 bits per heavy atom. The molecular formula is C22H41BrO4. The van der Waals surface area contributed by atoms with Crippen molar-refractivity contribution in [2.24, 2.45) is 0 Å². The van der Waals surface area contributed by atoms with Gasteiger partial charge in [0, 0.05) is 6.42 Å². The summed E-state index contributed by atoms with van der Waals surface area (Å²) < 4.78 is 4.99. The number of halogens is 1. The zero-order valence-corrected chi connectivity index (χ0v) is 18.9. The van der Waals surface area contributed by atoms with Crippen LogP contribution >= 0.6 is 15.9 Å². The minimum atomic E-state index is -0.670. The number of carboxylic acids is 1. The first kappa shape index (κ1) is 26.4. The first-order valence-corrected chi connectivity index (χ1v) is 12.0. The van der Waals surface area contributed by atoms with E-state index in [0.717, 1.165) is 25.7 Å². The van der Waals surface area contributed by atoms with E-state index in [2.05, 4.69) is 15.9 Å². The number of carbonyl (C=O) groups is 2. The van der Waals surface area contributed by atoms with E-state index in [0.29, 0.717) is 13.0 Å². The van der Waals surface area contributed by atoms with Crippen LogP contribution in [-0.2, 0) is 14.3 Å². The molecule has 0 aromatic carbocycles. The predicted molar refractivity (Wildman–Crippen MR) is 115 cm³/mol. The van der Waals surface area contributed by atoms with Crippen LogP contribution in [0.15, 0.2) is 0 Å². The summed E-state index contributed by atoms with van der Waals surface area (Å²) in [5.41, 5.74) is 0. The molecule has 5 heteroatoms. The summed E-state index contributed by atoms with van der Waals surface area (Å²) in [6.07, 6.45) is 19.7. The molecule has 1 atom stereocenters. The summed E-state index contributed by atoms with van der Waals surface area (Å²) in [5.74, 6) is -0.799. The van der Waals surface area contributed by atoms with Crippen LogP contribution in [0.4, 0.5) is 0 Å². The van der Waals surface area contributed by atoms with Gasteiger partial charge in [0.15, 0.2) is 0 Å². The largest absolute Gasteiger partial charge is 0.481 e. The van der Waals surface area contributed by atoms with Crippen molar-refractivity contribution in [1.29, 1.82) is 0 Å². The second-order valence-corrected chi connectivity index (χ2v) is 8.56. The molecule has 0 aromatic rings. The molecular weight excluding hydrogens is 408 g/mol. The normalized spacial score (nSPS) is 12.1. The van der Waals surface area contributed by atoms with Crippen LogP contribution in [0.3, 0.4) is 0 Å². The van der Waals surface area contributed by atoms with Gasteiger partial charge in [0.2, 0.25) is 0 Å². The summed E-state index contributed by atoms with van der Waals surface area (Å²) in [5, 5.41) is 8.57. The van der Waals surface area contributed by atoms with Crippen LogP contribution < -0.4 is 0 Å². The van der Waals surface area contributed by atoms with E-state index in [1.165, 1.54) is 77.0 Å². The third kappa shape index (κ3) is 20.0. The van der Waals surface area contributed by atoms with Crippen molar-refractivity contribution >= 4 is 27.9 Å². The van der Waals surface area contributed by atoms with E-state index in [9.17, 15) is 9.59 Å². The summed E-state index contributed by atoms with van der Waals surface area (Å²) in [6.45, 7) is 2.29. The maximum Gasteiger partial charge on any atom is 0.319 e. The first-order valence-electron chi connectivity index (χ1n) is 11.1. The fraction of sp³-hybridized carbons (Fsp3) is 0.909. The van der Waals surface area contributed by atoms with E-state index in [1.807, 2.05) is 6.92 Å². The van der Waals surface area contributed by atoms with Crippen molar-refractivity contribution in [3.05, 3.63) is 0 Å². The molecule has 27 heavy (non-hydrogen) atoms. The van der Waals surface area contributed by atoms with Crippen molar-refractivity contribution in [1.82, 2.24) is 0 Å². The Morgan fingerprint density at radius 1 is 0.741 bits per heavy atom. The monoisotopic (exact) mass is 448 g/mol. The van der Waals surface area contributed by atoms with Gasteiger partial charge in [0.05, 0.1) is 6.61 Å². The van der Waals surface area contributed by atoms with Gasteiger partial charge in [0.1, 0.15) is 4.83 Å². The number of esters is 1. The van der Waals surface area contributed by atoms with Crippen LogP contribution in [0, 0.1) is 0 Å². The van der Waals surface area contributed by atoms with Crippen LogP contribution in [0.5, 0.6) is 0 Å². The number of alkyl halides is 1. The van der Waals surface area contributed by atoms with E-state index in [-0.39, 0.29) is 10.8 Å². The topological polar surface area (TPSA) is 63.6 Å². The van der Waals surface area contributed by atoms with Gasteiger partial charge in [-0.25, -0.2) is 0 Å². The zero-order chi connectivity index (χ0) is 20.2. The molecule has 0 rings (SSSR count). The van der Waals surface area contributed by atoms with Crippen molar-refractivity contribution < 1.29 is 19.4 Å². The molecule has 160 valence electrons. The van der Waals surface area contributed by atoms with Gasteiger partial charge >= 0.3 is 11.9 Å². The Kier molecular flexibility index (Phi) is 19.7. The molecule has 0 aliphatic carbocycles. The van der Waals surface area contributed by atoms with Crippen LogP contribution in [0.25, 0.3) is 0 Å². The lowest BCUT2D eigenvalue weighted by atomic mass is 10.0. The maximum absolute atomic E-state index is 11.5. The number of aliphatic carboxylic acids is 1. The molecule has 1 unspecified atom stereocenters. The summed E-state index contributed by atoms with van der Waals surface area (Å²) in [4.78, 5) is 21.7. The van der Waals surface area contributed by atoms with Crippen molar-refractivity contribution in [2.75, 3.05) is 6.61 Å². The van der Waals surface area contributed by atoms with E-state index in [4.69, 9.17) is 9.84 Å². The molecule has 0 saturated carbocycles. The van der Waals surface area contributed by atoms with Gasteiger partial charge in [-0.3, -0.25) is 9.59 Å². The van der Waals surface area contributed by atoms with Crippen molar-refractivity contribution in [2.45, 2.75) is 121 Å². The SMILES string of the molecule is CCOC(=O)C(Br)CCCCCCCCCCCCCCCCCC(=O)O. The van der Waals surface area contributed by atoms with Gasteiger partial charge in [-0.05, 0) is 19.8 Å². The molecule has 0 radical (unpaired) electrons. The van der Waals surface area contributed by atoms with E-state index < -0.39 is 5.97 Å².